The molecule has 8 heteroatoms. The molecule has 1 aliphatic rings. The van der Waals surface area contributed by atoms with E-state index >= 15 is 0 Å². The van der Waals surface area contributed by atoms with Gasteiger partial charge in [-0.25, -0.2) is 17.5 Å². The molecular formula is C10H11NO6S. The number of amides is 1. The highest BCUT2D eigenvalue weighted by Gasteiger charge is 2.60. The van der Waals surface area contributed by atoms with Crippen molar-refractivity contribution in [1.82, 2.24) is 4.31 Å². The van der Waals surface area contributed by atoms with E-state index in [1.807, 2.05) is 0 Å². The van der Waals surface area contributed by atoms with E-state index in [4.69, 9.17) is 9.52 Å². The fourth-order valence-electron chi connectivity index (χ4n) is 1.63. The van der Waals surface area contributed by atoms with Gasteiger partial charge in [0.05, 0.1) is 6.54 Å². The molecule has 1 N–H and O–H groups in total. The monoisotopic (exact) mass is 273 g/mol. The van der Waals surface area contributed by atoms with Crippen LogP contribution in [0, 0.1) is 0 Å². The number of aromatic carboxylic acids is 1. The minimum Gasteiger partial charge on any atom is -0.475 e. The van der Waals surface area contributed by atoms with Gasteiger partial charge < -0.3 is 9.52 Å². The Kier molecular flexibility index (Phi) is 2.51. The van der Waals surface area contributed by atoms with E-state index in [0.29, 0.717) is 4.31 Å². The molecule has 98 valence electrons. The van der Waals surface area contributed by atoms with Crippen LogP contribution in [0.25, 0.3) is 0 Å². The number of carbonyl (C=O) groups is 2. The topological polar surface area (TPSA) is 105 Å². The second-order valence-electron chi connectivity index (χ2n) is 4.40. The van der Waals surface area contributed by atoms with Gasteiger partial charge in [0.25, 0.3) is 15.9 Å². The lowest BCUT2D eigenvalue weighted by Gasteiger charge is -2.42. The zero-order valence-electron chi connectivity index (χ0n) is 9.71. The van der Waals surface area contributed by atoms with Crippen LogP contribution in [-0.2, 0) is 21.4 Å². The van der Waals surface area contributed by atoms with Crippen molar-refractivity contribution >= 4 is 21.9 Å². The molecule has 0 spiro atoms. The quantitative estimate of drug-likeness (QED) is 0.856. The number of carboxylic acid groups (broad SMARTS) is 1. The maximum atomic E-state index is 11.8. The number of nitrogens with zero attached hydrogens (tertiary/aromatic N) is 1. The summed E-state index contributed by atoms with van der Waals surface area (Å²) in [5, 5.41) is 8.65. The summed E-state index contributed by atoms with van der Waals surface area (Å²) in [5.41, 5.74) is 0. The first kappa shape index (κ1) is 12.6. The number of carbonyl (C=O) groups excluding carboxylic acids is 1. The standard InChI is InChI=1S/C10H11NO6S/c1-10(2)9(14)11(18(10,15)16)5-6-3-4-7(17-6)8(12)13/h3-4H,5H2,1-2H3,(H,12,13). The van der Waals surface area contributed by atoms with Crippen LogP contribution in [0.4, 0.5) is 0 Å². The molecule has 0 saturated carbocycles. The van der Waals surface area contributed by atoms with Gasteiger partial charge in [0.2, 0.25) is 5.76 Å². The lowest BCUT2D eigenvalue weighted by molar-refractivity contribution is -0.132. The number of hydrogen-bond donors (Lipinski definition) is 1. The molecule has 0 bridgehead atoms. The third-order valence-electron chi connectivity index (χ3n) is 2.85. The molecule has 0 aliphatic carbocycles. The van der Waals surface area contributed by atoms with Gasteiger partial charge in [-0.05, 0) is 26.0 Å². The molecule has 2 heterocycles. The van der Waals surface area contributed by atoms with Crippen LogP contribution >= 0.6 is 0 Å². The smallest absolute Gasteiger partial charge is 0.371 e. The average Bonchev–Trinajstić information content (AvgIpc) is 2.73. The highest BCUT2D eigenvalue weighted by molar-refractivity contribution is 7.94. The van der Waals surface area contributed by atoms with Crippen LogP contribution in [0.1, 0.15) is 30.2 Å². The van der Waals surface area contributed by atoms with Crippen molar-refractivity contribution in [3.63, 3.8) is 0 Å². The Morgan fingerprint density at radius 2 is 2.06 bits per heavy atom. The molecule has 7 nitrogen and oxygen atoms in total. The molecular weight excluding hydrogens is 262 g/mol. The molecule has 1 fully saturated rings. The van der Waals surface area contributed by atoms with Gasteiger partial charge in [-0.2, -0.15) is 0 Å². The third kappa shape index (κ3) is 1.52. The first-order chi connectivity index (χ1) is 8.18. The first-order valence-corrected chi connectivity index (χ1v) is 6.50. The van der Waals surface area contributed by atoms with E-state index in [0.717, 1.165) is 0 Å². The molecule has 0 radical (unpaired) electrons. The van der Waals surface area contributed by atoms with Gasteiger partial charge in [-0.3, -0.25) is 4.79 Å². The second-order valence-corrected chi connectivity index (χ2v) is 6.81. The number of hydrogen-bond acceptors (Lipinski definition) is 5. The summed E-state index contributed by atoms with van der Waals surface area (Å²) in [6, 6.07) is 2.54. The van der Waals surface area contributed by atoms with E-state index in [1.54, 1.807) is 0 Å². The van der Waals surface area contributed by atoms with Crippen molar-refractivity contribution in [3.05, 3.63) is 23.7 Å². The predicted molar refractivity (Wildman–Crippen MR) is 59.2 cm³/mol. The lowest BCUT2D eigenvalue weighted by Crippen LogP contribution is -2.66. The van der Waals surface area contributed by atoms with E-state index in [2.05, 4.69) is 0 Å². The minimum absolute atomic E-state index is 0.111. The maximum absolute atomic E-state index is 11.8. The fourth-order valence-corrected chi connectivity index (χ4v) is 3.13. The van der Waals surface area contributed by atoms with E-state index < -0.39 is 26.6 Å². The number of rotatable bonds is 3. The fraction of sp³-hybridized carbons (Fsp3) is 0.400. The van der Waals surface area contributed by atoms with Crippen molar-refractivity contribution in [2.75, 3.05) is 0 Å². The summed E-state index contributed by atoms with van der Waals surface area (Å²) in [4.78, 5) is 22.2. The zero-order valence-corrected chi connectivity index (χ0v) is 10.5. The summed E-state index contributed by atoms with van der Waals surface area (Å²) in [6.07, 6.45) is 0. The van der Waals surface area contributed by atoms with Crippen LogP contribution in [0.5, 0.6) is 0 Å². The Bertz CT molecular complexity index is 627. The average molecular weight is 273 g/mol. The number of furan rings is 1. The Labute approximate surface area is 103 Å². The molecule has 0 aromatic carbocycles. The molecule has 1 amide bonds. The maximum Gasteiger partial charge on any atom is 0.371 e. The third-order valence-corrected chi connectivity index (χ3v) is 5.19. The zero-order chi connectivity index (χ0) is 13.7. The molecule has 0 atom stereocenters. The molecule has 1 aliphatic heterocycles. The Balaban J connectivity index is 2.21. The van der Waals surface area contributed by atoms with Crippen molar-refractivity contribution in [2.24, 2.45) is 0 Å². The Morgan fingerprint density at radius 3 is 2.50 bits per heavy atom. The SMILES string of the molecule is CC1(C)C(=O)N(Cc2ccc(C(=O)O)o2)S1(=O)=O. The molecule has 1 aromatic rings. The van der Waals surface area contributed by atoms with Crippen LogP contribution < -0.4 is 0 Å². The minimum atomic E-state index is -3.68. The summed E-state index contributed by atoms with van der Waals surface area (Å²) in [5.74, 6) is -1.97. The van der Waals surface area contributed by atoms with Gasteiger partial charge in [0.15, 0.2) is 4.75 Å². The van der Waals surface area contributed by atoms with Gasteiger partial charge in [-0.1, -0.05) is 0 Å². The normalized spacial score (nSPS) is 20.6. The molecule has 2 rings (SSSR count). The summed E-state index contributed by atoms with van der Waals surface area (Å²) < 4.78 is 27.7. The highest BCUT2D eigenvalue weighted by Crippen LogP contribution is 2.36. The molecule has 1 saturated heterocycles. The van der Waals surface area contributed by atoms with E-state index in [1.165, 1.54) is 26.0 Å². The van der Waals surface area contributed by atoms with Crippen molar-refractivity contribution in [1.29, 1.82) is 0 Å². The van der Waals surface area contributed by atoms with E-state index in [-0.39, 0.29) is 18.1 Å². The first-order valence-electron chi connectivity index (χ1n) is 5.06. The lowest BCUT2D eigenvalue weighted by atomic mass is 10.2. The van der Waals surface area contributed by atoms with Crippen LogP contribution in [0.15, 0.2) is 16.5 Å². The van der Waals surface area contributed by atoms with Crippen LogP contribution in [-0.4, -0.2) is 34.5 Å². The van der Waals surface area contributed by atoms with E-state index in [9.17, 15) is 18.0 Å². The number of sulfonamides is 1. The highest BCUT2D eigenvalue weighted by atomic mass is 32.2. The van der Waals surface area contributed by atoms with Crippen molar-refractivity contribution < 1.29 is 27.5 Å². The van der Waals surface area contributed by atoms with Crippen LogP contribution in [0.2, 0.25) is 0 Å². The predicted octanol–water partition coefficient (Wildman–Crippen LogP) is 0.428. The van der Waals surface area contributed by atoms with Crippen molar-refractivity contribution in [3.8, 4) is 0 Å². The molecule has 18 heavy (non-hydrogen) atoms. The largest absolute Gasteiger partial charge is 0.475 e. The van der Waals surface area contributed by atoms with Gasteiger partial charge in [0, 0.05) is 0 Å². The summed E-state index contributed by atoms with van der Waals surface area (Å²) in [6.45, 7) is 2.37. The van der Waals surface area contributed by atoms with Gasteiger partial charge >= 0.3 is 5.97 Å². The van der Waals surface area contributed by atoms with Gasteiger partial charge in [0.1, 0.15) is 5.76 Å². The Morgan fingerprint density at radius 1 is 1.44 bits per heavy atom. The van der Waals surface area contributed by atoms with Gasteiger partial charge in [-0.15, -0.1) is 0 Å². The molecule has 1 aromatic heterocycles. The second kappa shape index (κ2) is 3.58. The Hall–Kier alpha value is -1.83. The summed E-state index contributed by atoms with van der Waals surface area (Å²) in [7, 11) is -3.68. The number of carboxylic acids is 1. The molecule has 0 unspecified atom stereocenters. The van der Waals surface area contributed by atoms with Crippen LogP contribution in [0.3, 0.4) is 0 Å². The van der Waals surface area contributed by atoms with Crippen molar-refractivity contribution in [2.45, 2.75) is 25.1 Å². The summed E-state index contributed by atoms with van der Waals surface area (Å²) >= 11 is 0.